The highest BCUT2D eigenvalue weighted by Crippen LogP contribution is 1.95. The van der Waals surface area contributed by atoms with Crippen molar-refractivity contribution in [2.45, 2.75) is 6.92 Å². The molecule has 0 atom stereocenters. The van der Waals surface area contributed by atoms with Crippen LogP contribution in [-0.2, 0) is 19.0 Å². The summed E-state index contributed by atoms with van der Waals surface area (Å²) >= 11 is 0. The van der Waals surface area contributed by atoms with E-state index in [1.54, 1.807) is 0 Å². The maximum absolute atomic E-state index is 10.6. The highest BCUT2D eigenvalue weighted by Gasteiger charge is 2.08. The first kappa shape index (κ1) is 15.4. The molecule has 6 nitrogen and oxygen atoms in total. The van der Waals surface area contributed by atoms with Gasteiger partial charge in [0, 0.05) is 33.1 Å². The number of nitrogens with zero attached hydrogens (tertiary/aromatic N) is 1. The summed E-state index contributed by atoms with van der Waals surface area (Å²) in [7, 11) is 0. The van der Waals surface area contributed by atoms with Crippen LogP contribution in [0.5, 0.6) is 0 Å². The van der Waals surface area contributed by atoms with Crippen LogP contribution in [0.3, 0.4) is 0 Å². The van der Waals surface area contributed by atoms with E-state index in [0.29, 0.717) is 26.4 Å². The van der Waals surface area contributed by atoms with Gasteiger partial charge in [-0.3, -0.25) is 9.69 Å². The van der Waals surface area contributed by atoms with Crippen molar-refractivity contribution in [3.63, 3.8) is 0 Å². The first-order chi connectivity index (χ1) is 8.79. The molecule has 0 aromatic carbocycles. The molecule has 1 saturated heterocycles. The molecule has 106 valence electrons. The molecule has 0 unspecified atom stereocenters. The molecule has 1 fully saturated rings. The summed E-state index contributed by atoms with van der Waals surface area (Å²) in [5, 5.41) is 2.67. The maximum atomic E-state index is 10.6. The van der Waals surface area contributed by atoms with E-state index < -0.39 is 0 Å². The molecule has 1 heterocycles. The third kappa shape index (κ3) is 8.41. The second-order valence-corrected chi connectivity index (χ2v) is 4.16. The number of rotatable bonds is 9. The number of ether oxygens (including phenoxy) is 3. The molecule has 1 aliphatic heterocycles. The molecule has 0 bridgehead atoms. The minimum absolute atomic E-state index is 0.0274. The number of carbonyl (C=O) groups is 1. The van der Waals surface area contributed by atoms with Gasteiger partial charge >= 0.3 is 0 Å². The van der Waals surface area contributed by atoms with Gasteiger partial charge in [0.2, 0.25) is 5.91 Å². The van der Waals surface area contributed by atoms with Crippen LogP contribution in [0.15, 0.2) is 0 Å². The van der Waals surface area contributed by atoms with Gasteiger partial charge in [0.1, 0.15) is 0 Å². The smallest absolute Gasteiger partial charge is 0.216 e. The number of hydrogen-bond acceptors (Lipinski definition) is 5. The van der Waals surface area contributed by atoms with Gasteiger partial charge in [-0.15, -0.1) is 0 Å². The summed E-state index contributed by atoms with van der Waals surface area (Å²) in [5.41, 5.74) is 0. The zero-order chi connectivity index (χ0) is 13.1. The number of hydrogen-bond donors (Lipinski definition) is 1. The van der Waals surface area contributed by atoms with Crippen LogP contribution < -0.4 is 5.32 Å². The van der Waals surface area contributed by atoms with Gasteiger partial charge in [0.15, 0.2) is 0 Å². The van der Waals surface area contributed by atoms with Crippen molar-refractivity contribution < 1.29 is 19.0 Å². The Morgan fingerprint density at radius 3 is 2.50 bits per heavy atom. The highest BCUT2D eigenvalue weighted by atomic mass is 16.5. The molecule has 1 aliphatic rings. The van der Waals surface area contributed by atoms with E-state index in [-0.39, 0.29) is 5.91 Å². The molecule has 0 radical (unpaired) electrons. The molecule has 1 rings (SSSR count). The fourth-order valence-corrected chi connectivity index (χ4v) is 1.64. The molecule has 18 heavy (non-hydrogen) atoms. The van der Waals surface area contributed by atoms with Crippen molar-refractivity contribution in [1.29, 1.82) is 0 Å². The van der Waals surface area contributed by atoms with E-state index in [2.05, 4.69) is 10.2 Å². The van der Waals surface area contributed by atoms with E-state index >= 15 is 0 Å². The van der Waals surface area contributed by atoms with E-state index in [4.69, 9.17) is 14.2 Å². The summed E-state index contributed by atoms with van der Waals surface area (Å²) in [6, 6.07) is 0. The summed E-state index contributed by atoms with van der Waals surface area (Å²) in [4.78, 5) is 12.9. The van der Waals surface area contributed by atoms with Crippen LogP contribution in [0.1, 0.15) is 6.92 Å². The molecule has 0 aromatic heterocycles. The summed E-state index contributed by atoms with van der Waals surface area (Å²) in [5.74, 6) is -0.0274. The van der Waals surface area contributed by atoms with Gasteiger partial charge in [-0.25, -0.2) is 0 Å². The van der Waals surface area contributed by atoms with Crippen molar-refractivity contribution in [2.24, 2.45) is 0 Å². The minimum atomic E-state index is -0.0274. The normalized spacial score (nSPS) is 16.7. The van der Waals surface area contributed by atoms with E-state index in [1.165, 1.54) is 6.92 Å². The number of carbonyl (C=O) groups excluding carboxylic acids is 1. The second-order valence-electron chi connectivity index (χ2n) is 4.16. The molecule has 0 aromatic rings. The molecular formula is C12H24N2O4. The van der Waals surface area contributed by atoms with Crippen LogP contribution in [0.4, 0.5) is 0 Å². The number of morpholine rings is 1. The van der Waals surface area contributed by atoms with Crippen LogP contribution >= 0.6 is 0 Å². The SMILES string of the molecule is CC(=O)NCCOCCOCCN1CCOCC1. The Bertz CT molecular complexity index is 220. The van der Waals surface area contributed by atoms with Gasteiger partial charge in [0.25, 0.3) is 0 Å². The average molecular weight is 260 g/mol. The second kappa shape index (κ2) is 10.3. The van der Waals surface area contributed by atoms with E-state index in [9.17, 15) is 4.79 Å². The Morgan fingerprint density at radius 2 is 1.83 bits per heavy atom. The Morgan fingerprint density at radius 1 is 1.17 bits per heavy atom. The lowest BCUT2D eigenvalue weighted by Gasteiger charge is -2.26. The molecule has 1 amide bonds. The van der Waals surface area contributed by atoms with E-state index in [1.807, 2.05) is 0 Å². The van der Waals surface area contributed by atoms with Crippen LogP contribution in [0, 0.1) is 0 Å². The fraction of sp³-hybridized carbons (Fsp3) is 0.917. The van der Waals surface area contributed by atoms with Crippen molar-refractivity contribution in [3.8, 4) is 0 Å². The Kier molecular flexibility index (Phi) is 8.75. The largest absolute Gasteiger partial charge is 0.379 e. The van der Waals surface area contributed by atoms with Gasteiger partial charge in [0.05, 0.1) is 39.6 Å². The third-order valence-electron chi connectivity index (χ3n) is 2.65. The van der Waals surface area contributed by atoms with Gasteiger partial charge in [-0.1, -0.05) is 0 Å². The predicted molar refractivity (Wildman–Crippen MR) is 67.6 cm³/mol. The third-order valence-corrected chi connectivity index (χ3v) is 2.65. The van der Waals surface area contributed by atoms with Crippen molar-refractivity contribution in [1.82, 2.24) is 10.2 Å². The highest BCUT2D eigenvalue weighted by molar-refractivity contribution is 5.72. The molecule has 1 N–H and O–H groups in total. The molecule has 0 spiro atoms. The fourth-order valence-electron chi connectivity index (χ4n) is 1.64. The van der Waals surface area contributed by atoms with Gasteiger partial charge in [-0.2, -0.15) is 0 Å². The van der Waals surface area contributed by atoms with E-state index in [0.717, 1.165) is 39.5 Å². The molecule has 6 heteroatoms. The topological polar surface area (TPSA) is 60.0 Å². The van der Waals surface area contributed by atoms with Crippen LogP contribution in [-0.4, -0.2) is 76.6 Å². The predicted octanol–water partition coefficient (Wildman–Crippen LogP) is -0.512. The Balaban J connectivity index is 1.76. The molecule has 0 aliphatic carbocycles. The van der Waals surface area contributed by atoms with Crippen LogP contribution in [0.2, 0.25) is 0 Å². The monoisotopic (exact) mass is 260 g/mol. The van der Waals surface area contributed by atoms with Crippen LogP contribution in [0.25, 0.3) is 0 Å². The van der Waals surface area contributed by atoms with Crippen molar-refractivity contribution in [3.05, 3.63) is 0 Å². The zero-order valence-electron chi connectivity index (χ0n) is 11.2. The zero-order valence-corrected chi connectivity index (χ0v) is 11.2. The van der Waals surface area contributed by atoms with Crippen molar-refractivity contribution in [2.75, 3.05) is 65.8 Å². The lowest BCUT2D eigenvalue weighted by atomic mass is 10.4. The maximum Gasteiger partial charge on any atom is 0.216 e. The number of nitrogens with one attached hydrogen (secondary N) is 1. The summed E-state index contributed by atoms with van der Waals surface area (Å²) in [6.07, 6.45) is 0. The lowest BCUT2D eigenvalue weighted by Crippen LogP contribution is -2.38. The summed E-state index contributed by atoms with van der Waals surface area (Å²) in [6.45, 7) is 9.09. The summed E-state index contributed by atoms with van der Waals surface area (Å²) < 4.78 is 16.0. The van der Waals surface area contributed by atoms with Crippen molar-refractivity contribution >= 4 is 5.91 Å². The van der Waals surface area contributed by atoms with Gasteiger partial charge in [-0.05, 0) is 0 Å². The molecule has 0 saturated carbocycles. The lowest BCUT2D eigenvalue weighted by molar-refractivity contribution is -0.119. The average Bonchev–Trinajstić information content (AvgIpc) is 2.37. The quantitative estimate of drug-likeness (QED) is 0.566. The number of amides is 1. The Labute approximate surface area is 109 Å². The molecular weight excluding hydrogens is 236 g/mol. The Hall–Kier alpha value is -0.690. The van der Waals surface area contributed by atoms with Gasteiger partial charge < -0.3 is 19.5 Å². The standard InChI is InChI=1S/C12H24N2O4/c1-12(15)13-2-6-16-10-11-18-9-5-14-3-7-17-8-4-14/h2-11H2,1H3,(H,13,15). The first-order valence-electron chi connectivity index (χ1n) is 6.49. The first-order valence-corrected chi connectivity index (χ1v) is 6.49. The minimum Gasteiger partial charge on any atom is -0.379 e.